The lowest BCUT2D eigenvalue weighted by Crippen LogP contribution is -2.49. The molecule has 0 saturated carbocycles. The number of amides is 1. The number of thiophene rings is 1. The Balaban J connectivity index is 1.76. The molecule has 1 aromatic rings. The normalized spacial score (nSPS) is 23.9. The lowest BCUT2D eigenvalue weighted by Gasteiger charge is -2.37. The molecule has 8 heteroatoms. The first-order valence-electron chi connectivity index (χ1n) is 7.60. The van der Waals surface area contributed by atoms with Crippen LogP contribution in [0, 0.1) is 0 Å². The molecule has 3 heterocycles. The number of carbonyl (C=O) groups excluding carboxylic acids is 1. The summed E-state index contributed by atoms with van der Waals surface area (Å²) in [5.74, 6) is -0.206. The summed E-state index contributed by atoms with van der Waals surface area (Å²) in [4.78, 5) is 17.1. The molecule has 0 aliphatic carbocycles. The molecule has 2 fully saturated rings. The van der Waals surface area contributed by atoms with E-state index in [0.717, 1.165) is 37.3 Å². The Morgan fingerprint density at radius 1 is 1.23 bits per heavy atom. The van der Waals surface area contributed by atoms with Crippen molar-refractivity contribution in [3.8, 4) is 0 Å². The molecular weight excluding hydrogens is 322 g/mol. The lowest BCUT2D eigenvalue weighted by molar-refractivity contribution is 0.0609. The first-order chi connectivity index (χ1) is 10.5. The van der Waals surface area contributed by atoms with Gasteiger partial charge >= 0.3 is 0 Å². The molecule has 0 bridgehead atoms. The summed E-state index contributed by atoms with van der Waals surface area (Å²) in [7, 11) is -3.85. The highest BCUT2D eigenvalue weighted by molar-refractivity contribution is 7.89. The minimum atomic E-state index is -3.85. The van der Waals surface area contributed by atoms with Crippen molar-refractivity contribution in [3.63, 3.8) is 0 Å². The van der Waals surface area contributed by atoms with Crippen molar-refractivity contribution in [1.82, 2.24) is 9.80 Å². The fraction of sp³-hybridized carbons (Fsp3) is 0.643. The van der Waals surface area contributed by atoms with Crippen molar-refractivity contribution in [3.05, 3.63) is 16.3 Å². The van der Waals surface area contributed by atoms with E-state index in [1.807, 2.05) is 0 Å². The Morgan fingerprint density at radius 3 is 2.64 bits per heavy atom. The van der Waals surface area contributed by atoms with E-state index in [-0.39, 0.29) is 15.7 Å². The van der Waals surface area contributed by atoms with Gasteiger partial charge in [-0.25, -0.2) is 13.6 Å². The van der Waals surface area contributed by atoms with Gasteiger partial charge in [0.2, 0.25) is 10.0 Å². The van der Waals surface area contributed by atoms with Crippen LogP contribution < -0.4 is 5.14 Å². The fourth-order valence-electron chi connectivity index (χ4n) is 3.37. The maximum absolute atomic E-state index is 12.7. The van der Waals surface area contributed by atoms with Crippen LogP contribution in [0.15, 0.2) is 16.3 Å². The van der Waals surface area contributed by atoms with Gasteiger partial charge in [-0.1, -0.05) is 0 Å². The van der Waals surface area contributed by atoms with Crippen LogP contribution in [-0.4, -0.2) is 56.3 Å². The topological polar surface area (TPSA) is 83.7 Å². The van der Waals surface area contributed by atoms with Crippen LogP contribution in [-0.2, 0) is 10.0 Å². The predicted octanol–water partition coefficient (Wildman–Crippen LogP) is 1.10. The lowest BCUT2D eigenvalue weighted by atomic mass is 10.0. The van der Waals surface area contributed by atoms with Crippen LogP contribution in [0.3, 0.4) is 0 Å². The van der Waals surface area contributed by atoms with Gasteiger partial charge in [0.25, 0.3) is 5.91 Å². The number of carbonyl (C=O) groups is 1. The van der Waals surface area contributed by atoms with E-state index >= 15 is 0 Å². The molecule has 1 atom stereocenters. The molecule has 2 N–H and O–H groups in total. The first-order valence-corrected chi connectivity index (χ1v) is 10.0. The van der Waals surface area contributed by atoms with Gasteiger partial charge in [0.05, 0.1) is 0 Å². The average Bonchev–Trinajstić information content (AvgIpc) is 3.17. The third-order valence-electron chi connectivity index (χ3n) is 4.47. The van der Waals surface area contributed by atoms with Crippen LogP contribution in [0.4, 0.5) is 0 Å². The minimum absolute atomic E-state index is 0.0502. The number of nitrogens with two attached hydrogens (primary N) is 1. The highest BCUT2D eigenvalue weighted by atomic mass is 32.2. The summed E-state index contributed by atoms with van der Waals surface area (Å²) in [5.41, 5.74) is 0. The van der Waals surface area contributed by atoms with Gasteiger partial charge in [-0.3, -0.25) is 9.69 Å². The van der Waals surface area contributed by atoms with Gasteiger partial charge in [0, 0.05) is 19.1 Å². The second-order valence-electron chi connectivity index (χ2n) is 5.95. The van der Waals surface area contributed by atoms with Crippen molar-refractivity contribution < 1.29 is 13.2 Å². The van der Waals surface area contributed by atoms with Gasteiger partial charge in [0.15, 0.2) is 0 Å². The Bertz CT molecular complexity index is 650. The molecule has 0 aromatic carbocycles. The minimum Gasteiger partial charge on any atom is -0.336 e. The molecule has 3 rings (SSSR count). The quantitative estimate of drug-likeness (QED) is 0.891. The summed E-state index contributed by atoms with van der Waals surface area (Å²) in [5, 5.41) is 6.80. The maximum atomic E-state index is 12.7. The molecule has 22 heavy (non-hydrogen) atoms. The van der Waals surface area contributed by atoms with Crippen molar-refractivity contribution in [2.75, 3.05) is 26.2 Å². The van der Waals surface area contributed by atoms with Crippen LogP contribution in [0.5, 0.6) is 0 Å². The Kier molecular flexibility index (Phi) is 4.54. The molecule has 2 aliphatic heterocycles. The van der Waals surface area contributed by atoms with Crippen molar-refractivity contribution in [2.24, 2.45) is 5.14 Å². The molecular formula is C14H21N3O3S2. The summed E-state index contributed by atoms with van der Waals surface area (Å²) < 4.78 is 23.2. The van der Waals surface area contributed by atoms with Gasteiger partial charge in [-0.05, 0) is 50.2 Å². The molecule has 2 aliphatic rings. The van der Waals surface area contributed by atoms with Gasteiger partial charge < -0.3 is 4.90 Å². The third-order valence-corrected chi connectivity index (χ3v) is 6.46. The second-order valence-corrected chi connectivity index (χ2v) is 8.40. The van der Waals surface area contributed by atoms with Gasteiger partial charge in [0.1, 0.15) is 9.77 Å². The second kappa shape index (κ2) is 6.27. The number of hydrogen-bond acceptors (Lipinski definition) is 5. The zero-order valence-corrected chi connectivity index (χ0v) is 14.0. The summed E-state index contributed by atoms with van der Waals surface area (Å²) in [6, 6.07) is 1.81. The average molecular weight is 343 g/mol. The van der Waals surface area contributed by atoms with Gasteiger partial charge in [-0.2, -0.15) is 0 Å². The van der Waals surface area contributed by atoms with E-state index in [1.165, 1.54) is 18.9 Å². The summed E-state index contributed by atoms with van der Waals surface area (Å²) >= 11 is 1.15. The Hall–Kier alpha value is -0.960. The monoisotopic (exact) mass is 343 g/mol. The predicted molar refractivity (Wildman–Crippen MR) is 85.4 cm³/mol. The zero-order valence-electron chi connectivity index (χ0n) is 12.4. The van der Waals surface area contributed by atoms with E-state index < -0.39 is 10.0 Å². The molecule has 122 valence electrons. The maximum Gasteiger partial charge on any atom is 0.265 e. The van der Waals surface area contributed by atoms with Crippen LogP contribution in [0.2, 0.25) is 0 Å². The van der Waals surface area contributed by atoms with Crippen LogP contribution in [0.1, 0.15) is 35.4 Å². The van der Waals surface area contributed by atoms with E-state index in [1.54, 1.807) is 10.3 Å². The van der Waals surface area contributed by atoms with E-state index in [4.69, 9.17) is 5.14 Å². The molecule has 2 saturated heterocycles. The van der Waals surface area contributed by atoms with Crippen molar-refractivity contribution in [1.29, 1.82) is 0 Å². The highest BCUT2D eigenvalue weighted by Crippen LogP contribution is 2.26. The molecule has 0 spiro atoms. The molecule has 1 unspecified atom stereocenters. The van der Waals surface area contributed by atoms with E-state index in [9.17, 15) is 13.2 Å². The van der Waals surface area contributed by atoms with E-state index in [2.05, 4.69) is 4.90 Å². The first kappa shape index (κ1) is 15.9. The number of likely N-dealkylation sites (tertiary alicyclic amines) is 2. The number of sulfonamides is 1. The van der Waals surface area contributed by atoms with E-state index in [0.29, 0.717) is 19.1 Å². The smallest absolute Gasteiger partial charge is 0.265 e. The van der Waals surface area contributed by atoms with Crippen molar-refractivity contribution in [2.45, 2.75) is 36.6 Å². The number of rotatable bonds is 3. The summed E-state index contributed by atoms with van der Waals surface area (Å²) in [6.45, 7) is 3.58. The molecule has 6 nitrogen and oxygen atoms in total. The zero-order chi connectivity index (χ0) is 15.7. The highest BCUT2D eigenvalue weighted by Gasteiger charge is 2.32. The largest absolute Gasteiger partial charge is 0.336 e. The van der Waals surface area contributed by atoms with Crippen LogP contribution >= 0.6 is 11.3 Å². The van der Waals surface area contributed by atoms with Crippen molar-refractivity contribution >= 4 is 27.3 Å². The number of primary sulfonamides is 1. The molecule has 1 amide bonds. The number of nitrogens with zero attached hydrogens (tertiary/aromatic N) is 2. The molecule has 1 aromatic heterocycles. The number of hydrogen-bond donors (Lipinski definition) is 1. The Labute approximate surface area is 134 Å². The standard InChI is InChI=1S/C14H21N3O3S2/c15-22(19,20)12-5-9-21-13(12)14(18)17-8-3-4-11(10-17)16-6-1-2-7-16/h5,9,11H,1-4,6-8,10H2,(H2,15,19,20). The third kappa shape index (κ3) is 3.19. The van der Waals surface area contributed by atoms with Gasteiger partial charge in [-0.15, -0.1) is 11.3 Å². The number of piperidine rings is 1. The fourth-order valence-corrected chi connectivity index (χ4v) is 5.30. The SMILES string of the molecule is NS(=O)(=O)c1ccsc1C(=O)N1CCCC(N2CCCC2)C1. The Morgan fingerprint density at radius 2 is 1.95 bits per heavy atom. The summed E-state index contributed by atoms with van der Waals surface area (Å²) in [6.07, 6.45) is 4.52. The van der Waals surface area contributed by atoms with Crippen LogP contribution in [0.25, 0.3) is 0 Å². The molecule has 0 radical (unpaired) electrons.